The predicted molar refractivity (Wildman–Crippen MR) is 136 cm³/mol. The largest absolute Gasteiger partial charge is 0.382 e. The molecule has 0 saturated heterocycles. The molecule has 3 heterocycles. The molecule has 0 amide bonds. The Morgan fingerprint density at radius 3 is 2.35 bits per heavy atom. The molecular weight excluding hydrogens is 471 g/mol. The zero-order chi connectivity index (χ0) is 24.2. The average molecular weight is 493 g/mol. The van der Waals surface area contributed by atoms with Gasteiger partial charge in [-0.05, 0) is 47.0 Å². The van der Waals surface area contributed by atoms with Gasteiger partial charge in [-0.15, -0.1) is 0 Å². The van der Waals surface area contributed by atoms with Crippen molar-refractivity contribution in [3.63, 3.8) is 0 Å². The SMILES string of the molecule is Cn1c(=O)cc(-c2cccc(Cl)c2)c2cc(C(O)c3ccc(Cl)cc3)ncc21.Cn1ccnc1. The summed E-state index contributed by atoms with van der Waals surface area (Å²) in [7, 11) is 3.64. The number of aliphatic hydroxyl groups is 1. The van der Waals surface area contributed by atoms with Crippen LogP contribution in [0.2, 0.25) is 10.0 Å². The number of fused-ring (bicyclic) bond motifs is 1. The van der Waals surface area contributed by atoms with E-state index >= 15 is 0 Å². The van der Waals surface area contributed by atoms with E-state index in [1.807, 2.05) is 42.1 Å². The minimum Gasteiger partial charge on any atom is -0.382 e. The molecule has 0 spiro atoms. The number of hydrogen-bond donors (Lipinski definition) is 1. The van der Waals surface area contributed by atoms with Gasteiger partial charge in [0, 0.05) is 48.0 Å². The molecule has 1 atom stereocenters. The number of imidazole rings is 1. The molecule has 1 unspecified atom stereocenters. The number of benzene rings is 2. The molecule has 5 aromatic rings. The van der Waals surface area contributed by atoms with Gasteiger partial charge in [0.15, 0.2) is 0 Å². The number of aliphatic hydroxyl groups excluding tert-OH is 1. The highest BCUT2D eigenvalue weighted by Crippen LogP contribution is 2.31. The number of nitrogens with zero attached hydrogens (tertiary/aromatic N) is 4. The fourth-order valence-electron chi connectivity index (χ4n) is 3.55. The lowest BCUT2D eigenvalue weighted by Gasteiger charge is -2.15. The summed E-state index contributed by atoms with van der Waals surface area (Å²) in [6.07, 6.45) is 6.09. The molecular formula is C26H22Cl2N4O2. The van der Waals surface area contributed by atoms with E-state index < -0.39 is 6.10 Å². The Morgan fingerprint density at radius 1 is 0.971 bits per heavy atom. The van der Waals surface area contributed by atoms with Crippen LogP contribution in [0, 0.1) is 0 Å². The zero-order valence-corrected chi connectivity index (χ0v) is 20.1. The van der Waals surface area contributed by atoms with Crippen molar-refractivity contribution in [1.82, 2.24) is 19.1 Å². The van der Waals surface area contributed by atoms with Crippen LogP contribution in [-0.2, 0) is 14.1 Å². The number of pyridine rings is 2. The monoisotopic (exact) mass is 492 g/mol. The lowest BCUT2D eigenvalue weighted by molar-refractivity contribution is 0.215. The van der Waals surface area contributed by atoms with E-state index in [-0.39, 0.29) is 5.56 Å². The minimum absolute atomic E-state index is 0.143. The van der Waals surface area contributed by atoms with Gasteiger partial charge in [0.25, 0.3) is 5.56 Å². The first-order chi connectivity index (χ1) is 16.3. The number of halogens is 2. The molecule has 172 valence electrons. The van der Waals surface area contributed by atoms with Crippen molar-refractivity contribution in [2.24, 2.45) is 14.1 Å². The lowest BCUT2D eigenvalue weighted by atomic mass is 9.99. The van der Waals surface area contributed by atoms with Crippen molar-refractivity contribution in [2.75, 3.05) is 0 Å². The molecule has 0 aliphatic heterocycles. The van der Waals surface area contributed by atoms with Crippen LogP contribution >= 0.6 is 23.2 Å². The third-order valence-corrected chi connectivity index (χ3v) is 5.88. The summed E-state index contributed by atoms with van der Waals surface area (Å²) >= 11 is 12.1. The van der Waals surface area contributed by atoms with Gasteiger partial charge in [0.05, 0.1) is 23.7 Å². The molecule has 2 aromatic carbocycles. The maximum absolute atomic E-state index is 12.4. The van der Waals surface area contributed by atoms with E-state index in [9.17, 15) is 9.90 Å². The van der Waals surface area contributed by atoms with Crippen LogP contribution in [-0.4, -0.2) is 24.2 Å². The highest BCUT2D eigenvalue weighted by Gasteiger charge is 2.16. The summed E-state index contributed by atoms with van der Waals surface area (Å²) in [5, 5.41) is 12.8. The third kappa shape index (κ3) is 5.20. The van der Waals surface area contributed by atoms with Crippen molar-refractivity contribution in [3.8, 4) is 11.1 Å². The number of rotatable bonds is 3. The van der Waals surface area contributed by atoms with E-state index in [0.29, 0.717) is 26.8 Å². The van der Waals surface area contributed by atoms with Crippen LogP contribution in [0.25, 0.3) is 22.0 Å². The molecule has 0 saturated carbocycles. The van der Waals surface area contributed by atoms with Crippen molar-refractivity contribution in [1.29, 1.82) is 0 Å². The number of hydrogen-bond acceptors (Lipinski definition) is 4. The quantitative estimate of drug-likeness (QED) is 0.365. The molecule has 0 fully saturated rings. The molecule has 8 heteroatoms. The molecule has 0 bridgehead atoms. The van der Waals surface area contributed by atoms with Gasteiger partial charge in [-0.25, -0.2) is 4.98 Å². The molecule has 1 N–H and O–H groups in total. The Bertz CT molecular complexity index is 1480. The van der Waals surface area contributed by atoms with E-state index in [0.717, 1.165) is 16.5 Å². The maximum Gasteiger partial charge on any atom is 0.251 e. The van der Waals surface area contributed by atoms with Crippen LogP contribution < -0.4 is 5.56 Å². The second-order valence-corrected chi connectivity index (χ2v) is 8.65. The van der Waals surface area contributed by atoms with Crippen LogP contribution in [0.1, 0.15) is 17.4 Å². The summed E-state index contributed by atoms with van der Waals surface area (Å²) < 4.78 is 3.43. The first-order valence-corrected chi connectivity index (χ1v) is 11.2. The van der Waals surface area contributed by atoms with Crippen molar-refractivity contribution < 1.29 is 5.11 Å². The van der Waals surface area contributed by atoms with Gasteiger partial charge in [-0.2, -0.15) is 0 Å². The highest BCUT2D eigenvalue weighted by atomic mass is 35.5. The Balaban J connectivity index is 0.000000398. The molecule has 34 heavy (non-hydrogen) atoms. The van der Waals surface area contributed by atoms with Crippen LogP contribution in [0.5, 0.6) is 0 Å². The van der Waals surface area contributed by atoms with E-state index in [1.54, 1.807) is 62.2 Å². The van der Waals surface area contributed by atoms with Crippen LogP contribution in [0.4, 0.5) is 0 Å². The van der Waals surface area contributed by atoms with Gasteiger partial charge >= 0.3 is 0 Å². The second-order valence-electron chi connectivity index (χ2n) is 7.77. The highest BCUT2D eigenvalue weighted by molar-refractivity contribution is 6.31. The van der Waals surface area contributed by atoms with Gasteiger partial charge in [-0.3, -0.25) is 9.78 Å². The Morgan fingerprint density at radius 2 is 1.74 bits per heavy atom. The number of aryl methyl sites for hydroxylation is 2. The Hall–Kier alpha value is -3.45. The number of aromatic nitrogens is 4. The fraction of sp³-hybridized carbons (Fsp3) is 0.115. The molecule has 5 rings (SSSR count). The maximum atomic E-state index is 12.4. The summed E-state index contributed by atoms with van der Waals surface area (Å²) in [4.78, 5) is 20.6. The molecule has 0 radical (unpaired) electrons. The molecule has 0 aliphatic carbocycles. The van der Waals surface area contributed by atoms with Gasteiger partial charge in [0.2, 0.25) is 0 Å². The summed E-state index contributed by atoms with van der Waals surface area (Å²) in [5.74, 6) is 0. The zero-order valence-electron chi connectivity index (χ0n) is 18.6. The van der Waals surface area contributed by atoms with Crippen LogP contribution in [0.3, 0.4) is 0 Å². The molecule has 6 nitrogen and oxygen atoms in total. The van der Waals surface area contributed by atoms with Crippen LogP contribution in [0.15, 0.2) is 90.4 Å². The fourth-order valence-corrected chi connectivity index (χ4v) is 3.87. The van der Waals surface area contributed by atoms with Gasteiger partial charge in [0.1, 0.15) is 6.10 Å². The lowest BCUT2D eigenvalue weighted by Crippen LogP contribution is -2.17. The van der Waals surface area contributed by atoms with Gasteiger partial charge in [-0.1, -0.05) is 47.5 Å². The van der Waals surface area contributed by atoms with Gasteiger partial charge < -0.3 is 14.2 Å². The van der Waals surface area contributed by atoms with E-state index in [1.165, 1.54) is 4.57 Å². The van der Waals surface area contributed by atoms with E-state index in [2.05, 4.69) is 9.97 Å². The molecule has 0 aliphatic rings. The molecule has 3 aromatic heterocycles. The van der Waals surface area contributed by atoms with Crippen molar-refractivity contribution in [2.45, 2.75) is 6.10 Å². The Labute approximate surface area is 206 Å². The first kappa shape index (κ1) is 23.7. The normalized spacial score (nSPS) is 11.7. The third-order valence-electron chi connectivity index (χ3n) is 5.39. The second kappa shape index (κ2) is 10.2. The van der Waals surface area contributed by atoms with Crippen molar-refractivity contribution >= 4 is 34.1 Å². The first-order valence-electron chi connectivity index (χ1n) is 10.4. The topological polar surface area (TPSA) is 72.9 Å². The smallest absolute Gasteiger partial charge is 0.251 e. The summed E-state index contributed by atoms with van der Waals surface area (Å²) in [5.41, 5.74) is 3.27. The summed E-state index contributed by atoms with van der Waals surface area (Å²) in [6, 6.07) is 17.7. The Kier molecular flexibility index (Phi) is 7.12. The van der Waals surface area contributed by atoms with E-state index in [4.69, 9.17) is 23.2 Å². The standard InChI is InChI=1S/C22H16Cl2N2O2.C4H6N2/c1-26-20-12-25-19(22(28)13-5-7-15(23)8-6-13)10-18(20)17(11-21(26)27)14-3-2-4-16(24)9-14;1-6-3-2-5-4-6/h2-12,22,28H,1H3;2-4H,1H3. The average Bonchev–Trinajstić information content (AvgIpc) is 3.32. The predicted octanol–water partition coefficient (Wildman–Crippen LogP) is 5.41. The van der Waals surface area contributed by atoms with Crippen molar-refractivity contribution in [3.05, 3.63) is 117 Å². The minimum atomic E-state index is -0.911. The summed E-state index contributed by atoms with van der Waals surface area (Å²) in [6.45, 7) is 0.